The van der Waals surface area contributed by atoms with Crippen molar-refractivity contribution in [1.29, 1.82) is 0 Å². The van der Waals surface area contributed by atoms with E-state index in [2.05, 4.69) is 4.74 Å². The summed E-state index contributed by atoms with van der Waals surface area (Å²) in [4.78, 5) is 2.02. The molecule has 0 aromatic rings. The van der Waals surface area contributed by atoms with E-state index in [4.69, 9.17) is 0 Å². The first-order chi connectivity index (χ1) is 5.09. The SMILES string of the molecule is C[C@@H]1C[C@H](OC(F)F)CN1C. The van der Waals surface area contributed by atoms with Gasteiger partial charge in [0.1, 0.15) is 0 Å². The maximum atomic E-state index is 11.7. The molecular formula is C7H13F2NO. The molecule has 0 saturated carbocycles. The van der Waals surface area contributed by atoms with E-state index in [1.165, 1.54) is 0 Å². The van der Waals surface area contributed by atoms with Crippen molar-refractivity contribution in [3.05, 3.63) is 0 Å². The molecule has 2 nitrogen and oxygen atoms in total. The van der Waals surface area contributed by atoms with Crippen LogP contribution in [0.25, 0.3) is 0 Å². The third-order valence-corrected chi connectivity index (χ3v) is 2.14. The number of likely N-dealkylation sites (tertiary alicyclic amines) is 1. The Balaban J connectivity index is 2.29. The highest BCUT2D eigenvalue weighted by Crippen LogP contribution is 2.19. The van der Waals surface area contributed by atoms with Crippen LogP contribution in [0.3, 0.4) is 0 Å². The Kier molecular flexibility index (Phi) is 2.78. The number of rotatable bonds is 2. The Hall–Kier alpha value is -0.220. The van der Waals surface area contributed by atoms with Gasteiger partial charge in [-0.25, -0.2) is 0 Å². The smallest absolute Gasteiger partial charge is 0.318 e. The monoisotopic (exact) mass is 165 g/mol. The topological polar surface area (TPSA) is 12.5 Å². The molecule has 1 rings (SSSR count). The van der Waals surface area contributed by atoms with E-state index in [-0.39, 0.29) is 6.10 Å². The Labute approximate surface area is 65.1 Å². The quantitative estimate of drug-likeness (QED) is 0.611. The molecule has 0 amide bonds. The molecule has 4 heteroatoms. The van der Waals surface area contributed by atoms with Crippen LogP contribution in [0.15, 0.2) is 0 Å². The molecular weight excluding hydrogens is 152 g/mol. The number of likely N-dealkylation sites (N-methyl/N-ethyl adjacent to an activating group) is 1. The largest absolute Gasteiger partial charge is 0.345 e. The zero-order valence-corrected chi connectivity index (χ0v) is 6.76. The highest BCUT2D eigenvalue weighted by molar-refractivity contribution is 4.80. The number of hydrogen-bond acceptors (Lipinski definition) is 2. The van der Waals surface area contributed by atoms with Crippen molar-refractivity contribution >= 4 is 0 Å². The highest BCUT2D eigenvalue weighted by Gasteiger charge is 2.28. The van der Waals surface area contributed by atoms with Gasteiger partial charge >= 0.3 is 6.61 Å². The fourth-order valence-corrected chi connectivity index (χ4v) is 1.38. The summed E-state index contributed by atoms with van der Waals surface area (Å²) in [7, 11) is 1.92. The van der Waals surface area contributed by atoms with E-state index in [1.807, 2.05) is 18.9 Å². The summed E-state index contributed by atoms with van der Waals surface area (Å²) in [6, 6.07) is 0.360. The first kappa shape index (κ1) is 8.87. The fourth-order valence-electron chi connectivity index (χ4n) is 1.38. The predicted octanol–water partition coefficient (Wildman–Crippen LogP) is 1.32. The third-order valence-electron chi connectivity index (χ3n) is 2.14. The Morgan fingerprint density at radius 2 is 2.18 bits per heavy atom. The minimum atomic E-state index is -2.63. The van der Waals surface area contributed by atoms with Crippen LogP contribution in [0.4, 0.5) is 8.78 Å². The summed E-state index contributed by atoms with van der Waals surface area (Å²) < 4.78 is 27.8. The summed E-state index contributed by atoms with van der Waals surface area (Å²) in [6.07, 6.45) is 0.427. The number of alkyl halides is 2. The van der Waals surface area contributed by atoms with Crippen LogP contribution >= 0.6 is 0 Å². The van der Waals surface area contributed by atoms with Crippen molar-refractivity contribution < 1.29 is 13.5 Å². The van der Waals surface area contributed by atoms with Gasteiger partial charge in [0.25, 0.3) is 0 Å². The standard InChI is InChI=1S/C7H13F2NO/c1-5-3-6(4-10(5)2)11-7(8)9/h5-7H,3-4H2,1-2H3/t5-,6+/m1/s1. The van der Waals surface area contributed by atoms with E-state index in [0.717, 1.165) is 0 Å². The van der Waals surface area contributed by atoms with Crippen LogP contribution in [-0.2, 0) is 4.74 Å². The summed E-state index contributed by atoms with van der Waals surface area (Å²) in [5.41, 5.74) is 0. The number of hydrogen-bond donors (Lipinski definition) is 0. The van der Waals surface area contributed by atoms with E-state index in [1.54, 1.807) is 0 Å². The van der Waals surface area contributed by atoms with Crippen LogP contribution in [0, 0.1) is 0 Å². The fraction of sp³-hybridized carbons (Fsp3) is 1.00. The van der Waals surface area contributed by atoms with Crippen molar-refractivity contribution in [2.24, 2.45) is 0 Å². The van der Waals surface area contributed by atoms with Gasteiger partial charge in [-0.3, -0.25) is 0 Å². The second kappa shape index (κ2) is 3.45. The molecule has 1 heterocycles. The molecule has 66 valence electrons. The van der Waals surface area contributed by atoms with Crippen LogP contribution in [0.2, 0.25) is 0 Å². The van der Waals surface area contributed by atoms with Gasteiger partial charge in [0.2, 0.25) is 0 Å². The van der Waals surface area contributed by atoms with E-state index in [9.17, 15) is 8.78 Å². The maximum Gasteiger partial charge on any atom is 0.345 e. The molecule has 0 bridgehead atoms. The van der Waals surface area contributed by atoms with Gasteiger partial charge in [-0.15, -0.1) is 0 Å². The number of nitrogens with zero attached hydrogens (tertiary/aromatic N) is 1. The second-order valence-electron chi connectivity index (χ2n) is 3.04. The molecule has 0 aromatic heterocycles. The van der Waals surface area contributed by atoms with Gasteiger partial charge in [0, 0.05) is 12.6 Å². The molecule has 0 aromatic carbocycles. The Morgan fingerprint density at radius 3 is 2.55 bits per heavy atom. The minimum absolute atomic E-state index is 0.282. The molecule has 2 atom stereocenters. The molecule has 1 aliphatic heterocycles. The van der Waals surface area contributed by atoms with Crippen molar-refractivity contribution in [2.45, 2.75) is 32.1 Å². The lowest BCUT2D eigenvalue weighted by molar-refractivity contribution is -0.158. The second-order valence-corrected chi connectivity index (χ2v) is 3.04. The molecule has 1 fully saturated rings. The Bertz CT molecular complexity index is 119. The lowest BCUT2D eigenvalue weighted by Gasteiger charge is -2.12. The van der Waals surface area contributed by atoms with Crippen molar-refractivity contribution in [3.63, 3.8) is 0 Å². The molecule has 0 N–H and O–H groups in total. The van der Waals surface area contributed by atoms with Crippen molar-refractivity contribution in [3.8, 4) is 0 Å². The van der Waals surface area contributed by atoms with Gasteiger partial charge in [-0.05, 0) is 20.4 Å². The summed E-state index contributed by atoms with van der Waals surface area (Å²) in [6.45, 7) is -0.000870. The molecule has 1 saturated heterocycles. The minimum Gasteiger partial charge on any atom is -0.318 e. The Morgan fingerprint density at radius 1 is 1.55 bits per heavy atom. The van der Waals surface area contributed by atoms with Gasteiger partial charge in [0.15, 0.2) is 0 Å². The average molecular weight is 165 g/mol. The van der Waals surface area contributed by atoms with Crippen LogP contribution in [0.5, 0.6) is 0 Å². The lowest BCUT2D eigenvalue weighted by Crippen LogP contribution is -2.23. The molecule has 0 unspecified atom stereocenters. The maximum absolute atomic E-state index is 11.7. The zero-order chi connectivity index (χ0) is 8.43. The van der Waals surface area contributed by atoms with Gasteiger partial charge in [0.05, 0.1) is 6.10 Å². The first-order valence-corrected chi connectivity index (χ1v) is 3.73. The lowest BCUT2D eigenvalue weighted by atomic mass is 10.2. The van der Waals surface area contributed by atoms with Gasteiger partial charge in [-0.2, -0.15) is 8.78 Å². The van der Waals surface area contributed by atoms with Gasteiger partial charge in [-0.1, -0.05) is 0 Å². The first-order valence-electron chi connectivity index (χ1n) is 3.73. The zero-order valence-electron chi connectivity index (χ0n) is 6.76. The molecule has 0 radical (unpaired) electrons. The van der Waals surface area contributed by atoms with Crippen LogP contribution in [-0.4, -0.2) is 37.2 Å². The third kappa shape index (κ3) is 2.38. The molecule has 11 heavy (non-hydrogen) atoms. The summed E-state index contributed by atoms with van der Waals surface area (Å²) in [5.74, 6) is 0. The normalized spacial score (nSPS) is 33.5. The molecule has 1 aliphatic rings. The van der Waals surface area contributed by atoms with E-state index >= 15 is 0 Å². The highest BCUT2D eigenvalue weighted by atomic mass is 19.3. The molecule has 0 aliphatic carbocycles. The molecule has 0 spiro atoms. The van der Waals surface area contributed by atoms with Crippen molar-refractivity contribution in [2.75, 3.05) is 13.6 Å². The number of ether oxygens (including phenoxy) is 1. The summed E-state index contributed by atoms with van der Waals surface area (Å²) >= 11 is 0. The number of halogens is 2. The van der Waals surface area contributed by atoms with Crippen molar-refractivity contribution in [1.82, 2.24) is 4.90 Å². The van der Waals surface area contributed by atoms with E-state index < -0.39 is 6.61 Å². The summed E-state index contributed by atoms with van der Waals surface area (Å²) in [5, 5.41) is 0. The van der Waals surface area contributed by atoms with Gasteiger partial charge < -0.3 is 9.64 Å². The average Bonchev–Trinajstić information content (AvgIpc) is 2.10. The van der Waals surface area contributed by atoms with E-state index in [0.29, 0.717) is 19.0 Å². The predicted molar refractivity (Wildman–Crippen MR) is 37.6 cm³/mol. The van der Waals surface area contributed by atoms with Crippen LogP contribution < -0.4 is 0 Å². The van der Waals surface area contributed by atoms with Crippen LogP contribution in [0.1, 0.15) is 13.3 Å².